The van der Waals surface area contributed by atoms with Crippen molar-refractivity contribution >= 4 is 21.8 Å². The molecule has 2 aromatic heterocycles. The maximum Gasteiger partial charge on any atom is 0.164 e. The van der Waals surface area contributed by atoms with Gasteiger partial charge >= 0.3 is 0 Å². The number of rotatable bonds is 5. The van der Waals surface area contributed by atoms with Gasteiger partial charge in [0, 0.05) is 31.7 Å². The molecule has 1 aliphatic heterocycles. The summed E-state index contributed by atoms with van der Waals surface area (Å²) in [6.45, 7) is 0. The van der Waals surface area contributed by atoms with Gasteiger partial charge in [-0.25, -0.2) is 15.0 Å². The smallest absolute Gasteiger partial charge is 0.164 e. The van der Waals surface area contributed by atoms with Gasteiger partial charge in [0.2, 0.25) is 0 Å². The highest BCUT2D eigenvalue weighted by molar-refractivity contribution is 6.13. The summed E-state index contributed by atoms with van der Waals surface area (Å²) in [6, 6.07) is 64.5. The average molecular weight is 645 g/mol. The molecule has 50 heavy (non-hydrogen) atoms. The van der Waals surface area contributed by atoms with Crippen LogP contribution in [0.5, 0.6) is 0 Å². The molecule has 0 radical (unpaired) electrons. The van der Waals surface area contributed by atoms with E-state index in [9.17, 15) is 0 Å². The minimum absolute atomic E-state index is 0. The summed E-state index contributed by atoms with van der Waals surface area (Å²) < 4.78 is 2.46. The molecule has 10 rings (SSSR count). The first-order chi connectivity index (χ1) is 24.8. The number of hydrogen-bond acceptors (Lipinski definition) is 3. The summed E-state index contributed by atoms with van der Waals surface area (Å²) in [5, 5.41) is 2.36. The zero-order valence-electron chi connectivity index (χ0n) is 27.1. The van der Waals surface area contributed by atoms with E-state index >= 15 is 0 Å². The highest BCUT2D eigenvalue weighted by Crippen LogP contribution is 2.55. The van der Waals surface area contributed by atoms with E-state index in [1.807, 2.05) is 36.4 Å². The highest BCUT2D eigenvalue weighted by Gasteiger charge is 2.45. The van der Waals surface area contributed by atoms with Crippen molar-refractivity contribution < 1.29 is 4.28 Å². The van der Waals surface area contributed by atoms with Crippen LogP contribution >= 0.6 is 0 Å². The van der Waals surface area contributed by atoms with Crippen molar-refractivity contribution in [2.75, 3.05) is 0 Å². The standard InChI is InChI=1S/C46H30N4.3H2/c1-5-17-31(18-6-1)43-47-44(32-19-7-2-8-20-32)49-45(48-43)33-29-37-36-25-13-15-27-40(36)50-41-28-16-14-26-38(41)46(39(30-33)42(37)50,34-21-9-3-10-22-34)35-23-11-4-12-24-35;;;/h1-30H;3*1H. The maximum atomic E-state index is 5.20. The third kappa shape index (κ3) is 4.15. The monoisotopic (exact) mass is 644 g/mol. The molecule has 0 saturated heterocycles. The van der Waals surface area contributed by atoms with Gasteiger partial charge < -0.3 is 4.57 Å². The van der Waals surface area contributed by atoms with Gasteiger partial charge in [-0.1, -0.05) is 158 Å². The number of benzene rings is 7. The molecule has 0 atom stereocenters. The van der Waals surface area contributed by atoms with Crippen LogP contribution in [0.3, 0.4) is 0 Å². The molecule has 0 fully saturated rings. The molecule has 3 heterocycles. The van der Waals surface area contributed by atoms with E-state index in [0.29, 0.717) is 17.5 Å². The fraction of sp³-hybridized carbons (Fsp3) is 0.0217. The molecule has 0 saturated carbocycles. The molecule has 0 amide bonds. The summed E-state index contributed by atoms with van der Waals surface area (Å²) in [6.07, 6.45) is 0. The van der Waals surface area contributed by atoms with E-state index in [2.05, 4.69) is 150 Å². The van der Waals surface area contributed by atoms with E-state index in [1.54, 1.807) is 0 Å². The van der Waals surface area contributed by atoms with Crippen molar-refractivity contribution in [1.29, 1.82) is 0 Å². The van der Waals surface area contributed by atoms with Crippen LogP contribution < -0.4 is 0 Å². The maximum absolute atomic E-state index is 5.20. The third-order valence-corrected chi connectivity index (χ3v) is 10.1. The van der Waals surface area contributed by atoms with Crippen molar-refractivity contribution in [3.63, 3.8) is 0 Å². The predicted molar refractivity (Wildman–Crippen MR) is 209 cm³/mol. The van der Waals surface area contributed by atoms with Gasteiger partial charge in [-0.05, 0) is 46.5 Å². The Morgan fingerprint density at radius 2 is 0.880 bits per heavy atom. The van der Waals surface area contributed by atoms with Gasteiger partial charge in [-0.15, -0.1) is 0 Å². The Bertz CT molecular complexity index is 2600. The van der Waals surface area contributed by atoms with Crippen LogP contribution in [-0.2, 0) is 5.41 Å². The quantitative estimate of drug-likeness (QED) is 0.187. The molecule has 7 aromatic carbocycles. The van der Waals surface area contributed by atoms with E-state index < -0.39 is 5.41 Å². The molecule has 0 unspecified atom stereocenters. The van der Waals surface area contributed by atoms with E-state index in [1.165, 1.54) is 49.7 Å². The zero-order valence-corrected chi connectivity index (χ0v) is 27.1. The van der Waals surface area contributed by atoms with Crippen LogP contribution in [0, 0.1) is 0 Å². The second-order valence-corrected chi connectivity index (χ2v) is 12.8. The Morgan fingerprint density at radius 1 is 0.400 bits per heavy atom. The van der Waals surface area contributed by atoms with Crippen LogP contribution in [0.25, 0.3) is 61.7 Å². The first-order valence-corrected chi connectivity index (χ1v) is 17.0. The normalized spacial score (nSPS) is 13.0. The average Bonchev–Trinajstić information content (AvgIpc) is 3.54. The van der Waals surface area contributed by atoms with Crippen molar-refractivity contribution in [1.82, 2.24) is 19.5 Å². The molecule has 9 aromatic rings. The Morgan fingerprint density at radius 3 is 1.48 bits per heavy atom. The topological polar surface area (TPSA) is 43.6 Å². The van der Waals surface area contributed by atoms with Crippen LogP contribution in [0.15, 0.2) is 182 Å². The van der Waals surface area contributed by atoms with Gasteiger partial charge in [0.05, 0.1) is 22.1 Å². The van der Waals surface area contributed by atoms with Crippen molar-refractivity contribution in [2.24, 2.45) is 0 Å². The fourth-order valence-corrected chi connectivity index (χ4v) is 8.00. The first-order valence-electron chi connectivity index (χ1n) is 17.0. The van der Waals surface area contributed by atoms with Gasteiger partial charge in [0.1, 0.15) is 0 Å². The lowest BCUT2D eigenvalue weighted by Crippen LogP contribution is -2.35. The van der Waals surface area contributed by atoms with Gasteiger partial charge in [0.25, 0.3) is 0 Å². The van der Waals surface area contributed by atoms with E-state index in [-0.39, 0.29) is 4.28 Å². The minimum atomic E-state index is -0.616. The largest absolute Gasteiger partial charge is 0.309 e. The number of hydrogen-bond donors (Lipinski definition) is 0. The van der Waals surface area contributed by atoms with Crippen molar-refractivity contribution in [3.8, 4) is 39.9 Å². The summed E-state index contributed by atoms with van der Waals surface area (Å²) in [7, 11) is 0. The second kappa shape index (κ2) is 11.2. The number of nitrogens with zero attached hydrogens (tertiary/aromatic N) is 4. The fourth-order valence-electron chi connectivity index (χ4n) is 8.00. The number of para-hydroxylation sites is 2. The Labute approximate surface area is 294 Å². The summed E-state index contributed by atoms with van der Waals surface area (Å²) in [5.41, 5.74) is 10.6. The van der Waals surface area contributed by atoms with Crippen molar-refractivity contribution in [2.45, 2.75) is 5.41 Å². The van der Waals surface area contributed by atoms with Gasteiger partial charge in [0.15, 0.2) is 17.5 Å². The Kier molecular flexibility index (Phi) is 6.36. The molecule has 0 spiro atoms. The summed E-state index contributed by atoms with van der Waals surface area (Å²) in [4.78, 5) is 15.4. The number of aromatic nitrogens is 4. The second-order valence-electron chi connectivity index (χ2n) is 12.8. The molecular formula is C46H36N4. The number of fused-ring (bicyclic) bond motifs is 5. The van der Waals surface area contributed by atoms with E-state index in [4.69, 9.17) is 15.0 Å². The van der Waals surface area contributed by atoms with Crippen LogP contribution in [0.1, 0.15) is 26.5 Å². The van der Waals surface area contributed by atoms with Crippen molar-refractivity contribution in [3.05, 3.63) is 204 Å². The Hall–Kier alpha value is -6.65. The molecule has 4 heteroatoms. The highest BCUT2D eigenvalue weighted by atomic mass is 15.0. The van der Waals surface area contributed by atoms with Gasteiger partial charge in [-0.3, -0.25) is 0 Å². The molecule has 0 N–H and O–H groups in total. The summed E-state index contributed by atoms with van der Waals surface area (Å²) in [5.74, 6) is 1.93. The van der Waals surface area contributed by atoms with Crippen LogP contribution in [0.4, 0.5) is 0 Å². The lowest BCUT2D eigenvalue weighted by atomic mass is 9.63. The van der Waals surface area contributed by atoms with Crippen LogP contribution in [0.2, 0.25) is 0 Å². The van der Waals surface area contributed by atoms with Crippen LogP contribution in [-0.4, -0.2) is 19.5 Å². The molecule has 0 bridgehead atoms. The molecular weight excluding hydrogens is 609 g/mol. The van der Waals surface area contributed by atoms with Gasteiger partial charge in [-0.2, -0.15) is 0 Å². The molecule has 4 nitrogen and oxygen atoms in total. The Balaban J connectivity index is 0.00000145. The zero-order chi connectivity index (χ0) is 33.1. The minimum Gasteiger partial charge on any atom is -0.309 e. The van der Waals surface area contributed by atoms with E-state index in [0.717, 1.165) is 16.7 Å². The first kappa shape index (κ1) is 28.4. The molecule has 240 valence electrons. The molecule has 0 aliphatic carbocycles. The summed E-state index contributed by atoms with van der Waals surface area (Å²) >= 11 is 0. The lowest BCUT2D eigenvalue weighted by Gasteiger charge is -2.42. The SMILES string of the molecule is [HH].[HH].[HH].c1ccc(-c2nc(-c3ccccc3)nc(-c3cc4c5c(c3)c3ccccc3n5-c3ccccc3C4(c3ccccc3)c3ccccc3)n2)cc1. The third-order valence-electron chi connectivity index (χ3n) is 10.1. The lowest BCUT2D eigenvalue weighted by molar-refractivity contribution is 0.728. The molecule has 1 aliphatic rings. The predicted octanol–water partition coefficient (Wildman–Crippen LogP) is 11.4.